The summed E-state index contributed by atoms with van der Waals surface area (Å²) in [6.45, 7) is 4.04. The summed E-state index contributed by atoms with van der Waals surface area (Å²) in [5.74, 6) is -0.645. The average Bonchev–Trinajstić information content (AvgIpc) is 2.77. The van der Waals surface area contributed by atoms with Gasteiger partial charge in [-0.05, 0) is 55.8 Å². The molecule has 180 valence electrons. The fourth-order valence-electron chi connectivity index (χ4n) is 3.48. The van der Waals surface area contributed by atoms with Crippen LogP contribution in [0.3, 0.4) is 0 Å². The largest absolute Gasteiger partial charge is 0.457 e. The summed E-state index contributed by atoms with van der Waals surface area (Å²) in [5.41, 5.74) is 0.704. The molecule has 1 aliphatic heterocycles. The van der Waals surface area contributed by atoms with Crippen LogP contribution in [0, 0.1) is 0 Å². The van der Waals surface area contributed by atoms with Crippen LogP contribution in [0.25, 0.3) is 0 Å². The Balaban J connectivity index is 1.68. The molecule has 33 heavy (non-hydrogen) atoms. The van der Waals surface area contributed by atoms with E-state index >= 15 is 0 Å². The first-order chi connectivity index (χ1) is 15.4. The fraction of sp³-hybridized carbons (Fsp3) is 0.409. The van der Waals surface area contributed by atoms with Gasteiger partial charge in [-0.25, -0.2) is 25.9 Å². The molecule has 0 aliphatic carbocycles. The molecule has 0 spiro atoms. The van der Waals surface area contributed by atoms with Gasteiger partial charge in [-0.15, -0.1) is 0 Å². The summed E-state index contributed by atoms with van der Waals surface area (Å²) in [7, 11) is -4.44. The van der Waals surface area contributed by atoms with E-state index in [1.807, 2.05) is 13.8 Å². The Morgan fingerprint density at radius 2 is 1.61 bits per heavy atom. The van der Waals surface area contributed by atoms with E-state index in [1.165, 1.54) is 54.8 Å². The zero-order valence-corrected chi connectivity index (χ0v) is 20.6. The van der Waals surface area contributed by atoms with Crippen molar-refractivity contribution >= 4 is 26.0 Å². The normalized spacial score (nSPS) is 20.0. The van der Waals surface area contributed by atoms with Gasteiger partial charge in [0.15, 0.2) is 0 Å². The van der Waals surface area contributed by atoms with Crippen LogP contribution in [0.5, 0.6) is 0 Å². The minimum absolute atomic E-state index is 0.0851. The second-order valence-electron chi connectivity index (χ2n) is 8.11. The van der Waals surface area contributed by atoms with Crippen molar-refractivity contribution in [2.45, 2.75) is 42.5 Å². The van der Waals surface area contributed by atoms with Gasteiger partial charge < -0.3 is 9.47 Å². The van der Waals surface area contributed by atoms with Crippen LogP contribution in [-0.2, 0) is 36.1 Å². The topological polar surface area (TPSA) is 110 Å². The lowest BCUT2D eigenvalue weighted by Gasteiger charge is -2.34. The molecule has 0 radical (unpaired) electrons. The van der Waals surface area contributed by atoms with Crippen molar-refractivity contribution in [3.8, 4) is 0 Å². The van der Waals surface area contributed by atoms with Crippen molar-refractivity contribution in [1.82, 2.24) is 8.61 Å². The molecule has 1 fully saturated rings. The number of sulfonamides is 2. The van der Waals surface area contributed by atoms with E-state index in [1.54, 1.807) is 12.1 Å². The van der Waals surface area contributed by atoms with Crippen molar-refractivity contribution in [2.24, 2.45) is 0 Å². The number of rotatable bonds is 7. The molecule has 11 heteroatoms. The van der Waals surface area contributed by atoms with Crippen LogP contribution in [-0.4, -0.2) is 70.8 Å². The molecule has 9 nitrogen and oxygen atoms in total. The Morgan fingerprint density at radius 1 is 1.00 bits per heavy atom. The van der Waals surface area contributed by atoms with Crippen LogP contribution in [0.4, 0.5) is 0 Å². The number of benzene rings is 2. The van der Waals surface area contributed by atoms with Crippen LogP contribution >= 0.6 is 0 Å². The monoisotopic (exact) mass is 496 g/mol. The molecule has 0 N–H and O–H groups in total. The number of nitrogens with zero attached hydrogens (tertiary/aromatic N) is 2. The Bertz CT molecular complexity index is 1200. The van der Waals surface area contributed by atoms with E-state index in [0.717, 1.165) is 4.31 Å². The molecular weight excluding hydrogens is 468 g/mol. The van der Waals surface area contributed by atoms with Crippen molar-refractivity contribution in [3.63, 3.8) is 0 Å². The van der Waals surface area contributed by atoms with Crippen molar-refractivity contribution in [3.05, 3.63) is 59.7 Å². The van der Waals surface area contributed by atoms with Gasteiger partial charge in [-0.2, -0.15) is 4.31 Å². The van der Waals surface area contributed by atoms with Gasteiger partial charge in [-0.1, -0.05) is 12.1 Å². The van der Waals surface area contributed by atoms with Gasteiger partial charge in [-0.3, -0.25) is 0 Å². The molecule has 0 saturated carbocycles. The van der Waals surface area contributed by atoms with Crippen LogP contribution in [0.15, 0.2) is 58.3 Å². The van der Waals surface area contributed by atoms with Gasteiger partial charge in [0, 0.05) is 27.2 Å². The lowest BCUT2D eigenvalue weighted by atomic mass is 10.2. The molecule has 2 unspecified atom stereocenters. The Labute approximate surface area is 195 Å². The Morgan fingerprint density at radius 3 is 2.18 bits per heavy atom. The first kappa shape index (κ1) is 25.3. The van der Waals surface area contributed by atoms with Crippen molar-refractivity contribution in [2.75, 3.05) is 27.2 Å². The number of carbonyl (C=O) groups excluding carboxylic acids is 1. The van der Waals surface area contributed by atoms with E-state index in [-0.39, 0.29) is 47.3 Å². The van der Waals surface area contributed by atoms with Gasteiger partial charge in [0.25, 0.3) is 0 Å². The van der Waals surface area contributed by atoms with Crippen LogP contribution in [0.1, 0.15) is 29.8 Å². The van der Waals surface area contributed by atoms with Gasteiger partial charge in [0.1, 0.15) is 6.61 Å². The highest BCUT2D eigenvalue weighted by atomic mass is 32.2. The number of ether oxygens (including phenoxy) is 2. The van der Waals surface area contributed by atoms with Crippen molar-refractivity contribution < 1.29 is 31.1 Å². The predicted molar refractivity (Wildman–Crippen MR) is 122 cm³/mol. The molecule has 2 aromatic rings. The maximum Gasteiger partial charge on any atom is 0.338 e. The smallest absolute Gasteiger partial charge is 0.338 e. The molecule has 0 aromatic heterocycles. The third-order valence-electron chi connectivity index (χ3n) is 5.16. The number of morpholine rings is 1. The quantitative estimate of drug-likeness (QED) is 0.540. The van der Waals surface area contributed by atoms with E-state index in [9.17, 15) is 21.6 Å². The third kappa shape index (κ3) is 5.79. The van der Waals surface area contributed by atoms with E-state index < -0.39 is 26.0 Å². The maximum absolute atomic E-state index is 12.9. The zero-order valence-electron chi connectivity index (χ0n) is 19.0. The first-order valence-corrected chi connectivity index (χ1v) is 13.2. The Hall–Kier alpha value is -2.31. The second kappa shape index (κ2) is 9.90. The predicted octanol–water partition coefficient (Wildman–Crippen LogP) is 2.09. The maximum atomic E-state index is 12.9. The van der Waals surface area contributed by atoms with E-state index in [0.29, 0.717) is 5.56 Å². The lowest BCUT2D eigenvalue weighted by molar-refractivity contribution is -0.0440. The molecule has 2 atom stereocenters. The lowest BCUT2D eigenvalue weighted by Crippen LogP contribution is -2.48. The highest BCUT2D eigenvalue weighted by molar-refractivity contribution is 7.89. The SMILES string of the molecule is CC1CN(S(=O)(=O)c2ccc(C(=O)OCc3cccc(S(=O)(=O)N(C)C)c3)cc2)CC(C)O1. The molecular formula is C22H28N2O7S2. The van der Waals surface area contributed by atoms with Crippen LogP contribution in [0.2, 0.25) is 0 Å². The summed E-state index contributed by atoms with van der Waals surface area (Å²) in [6, 6.07) is 11.7. The first-order valence-electron chi connectivity index (χ1n) is 10.4. The third-order valence-corrected chi connectivity index (χ3v) is 8.82. The van der Waals surface area contributed by atoms with Crippen molar-refractivity contribution in [1.29, 1.82) is 0 Å². The molecule has 2 aromatic carbocycles. The fourth-order valence-corrected chi connectivity index (χ4v) is 6.04. The van der Waals surface area contributed by atoms with E-state index in [2.05, 4.69) is 0 Å². The molecule has 0 amide bonds. The number of carbonyl (C=O) groups is 1. The van der Waals surface area contributed by atoms with E-state index in [4.69, 9.17) is 9.47 Å². The summed E-state index contributed by atoms with van der Waals surface area (Å²) >= 11 is 0. The highest BCUT2D eigenvalue weighted by Crippen LogP contribution is 2.22. The molecule has 3 rings (SSSR count). The number of esters is 1. The standard InChI is InChI=1S/C22H28N2O7S2/c1-16-13-24(14-17(2)31-16)33(28,29)20-10-8-19(9-11-20)22(25)30-15-18-6-5-7-21(12-18)32(26,27)23(3)4/h5-12,16-17H,13-15H2,1-4H3. The number of hydrogen-bond acceptors (Lipinski definition) is 7. The summed E-state index contributed by atoms with van der Waals surface area (Å²) in [4.78, 5) is 12.6. The average molecular weight is 497 g/mol. The number of hydrogen-bond donors (Lipinski definition) is 0. The van der Waals surface area contributed by atoms with Gasteiger partial charge in [0.2, 0.25) is 20.0 Å². The van der Waals surface area contributed by atoms with Gasteiger partial charge in [0.05, 0.1) is 27.6 Å². The molecule has 1 saturated heterocycles. The highest BCUT2D eigenvalue weighted by Gasteiger charge is 2.32. The minimum Gasteiger partial charge on any atom is -0.457 e. The Kier molecular flexibility index (Phi) is 7.59. The summed E-state index contributed by atoms with van der Waals surface area (Å²) in [6.07, 6.45) is -0.409. The molecule has 1 aliphatic rings. The minimum atomic E-state index is -3.71. The summed E-state index contributed by atoms with van der Waals surface area (Å²) in [5, 5.41) is 0. The van der Waals surface area contributed by atoms with Gasteiger partial charge >= 0.3 is 5.97 Å². The molecule has 0 bridgehead atoms. The second-order valence-corrected chi connectivity index (χ2v) is 12.2. The molecule has 1 heterocycles. The van der Waals surface area contributed by atoms with Crippen LogP contribution < -0.4 is 0 Å². The zero-order chi connectivity index (χ0) is 24.4. The summed E-state index contributed by atoms with van der Waals surface area (Å²) < 4.78 is 63.8.